The van der Waals surface area contributed by atoms with E-state index < -0.39 is 0 Å². The highest BCUT2D eigenvalue weighted by molar-refractivity contribution is 8.02. The average Bonchev–Trinajstić information content (AvgIpc) is 1.99. The van der Waals surface area contributed by atoms with Gasteiger partial charge in [0.05, 0.1) is 0 Å². The van der Waals surface area contributed by atoms with Crippen molar-refractivity contribution in [3.63, 3.8) is 0 Å². The first-order valence-electron chi connectivity index (χ1n) is 5.56. The van der Waals surface area contributed by atoms with Crippen LogP contribution in [0.2, 0.25) is 0 Å². The summed E-state index contributed by atoms with van der Waals surface area (Å²) in [6, 6.07) is 0. The van der Waals surface area contributed by atoms with E-state index >= 15 is 0 Å². The highest BCUT2D eigenvalue weighted by atomic mass is 32.1. The molecule has 0 amide bonds. The minimum absolute atomic E-state index is 0.249. The summed E-state index contributed by atoms with van der Waals surface area (Å²) < 4.78 is 0. The Kier molecular flexibility index (Phi) is 3.25. The van der Waals surface area contributed by atoms with Gasteiger partial charge >= 0.3 is 0 Å². The lowest BCUT2D eigenvalue weighted by molar-refractivity contribution is 0.506. The summed E-state index contributed by atoms with van der Waals surface area (Å²) in [6.07, 6.45) is 4.69. The molecule has 0 aromatic heterocycles. The molecule has 0 saturated heterocycles. The number of hydrogen-bond donors (Lipinski definition) is 0. The molecule has 0 N–H and O–H groups in total. The molecular weight excluding hydrogens is 200 g/mol. The largest absolute Gasteiger partial charge is 0.145 e. The molecule has 0 unspecified atom stereocenters. The second-order valence-electron chi connectivity index (χ2n) is 6.32. The molecule has 0 saturated carbocycles. The highest BCUT2D eigenvalue weighted by Gasteiger charge is 2.23. The second kappa shape index (κ2) is 3.86. The van der Waals surface area contributed by atoms with Crippen molar-refractivity contribution in [1.82, 2.24) is 0 Å². The zero-order valence-corrected chi connectivity index (χ0v) is 11.9. The smallest absolute Gasteiger partial charge is 0.0104 e. The van der Waals surface area contributed by atoms with Crippen LogP contribution in [0.25, 0.3) is 0 Å². The van der Waals surface area contributed by atoms with Gasteiger partial charge in [-0.3, -0.25) is 0 Å². The van der Waals surface area contributed by atoms with Crippen molar-refractivity contribution in [2.45, 2.75) is 48.5 Å². The van der Waals surface area contributed by atoms with Crippen LogP contribution in [0, 0.1) is 10.8 Å². The zero-order chi connectivity index (χ0) is 11.9. The van der Waals surface area contributed by atoms with E-state index in [1.165, 1.54) is 15.3 Å². The summed E-state index contributed by atoms with van der Waals surface area (Å²) in [6.45, 7) is 15.9. The van der Waals surface area contributed by atoms with Gasteiger partial charge in [0, 0.05) is 9.77 Å². The Hall–Kier alpha value is -0.430. The Morgan fingerprint density at radius 1 is 0.867 bits per heavy atom. The van der Waals surface area contributed by atoms with Crippen molar-refractivity contribution in [2.24, 2.45) is 10.8 Å². The van der Waals surface area contributed by atoms with Gasteiger partial charge in [-0.1, -0.05) is 41.5 Å². The second-order valence-corrected chi connectivity index (χ2v) is 7.61. The fraction of sp³-hybridized carbons (Fsp3) is 0.643. The Morgan fingerprint density at radius 3 is 1.80 bits per heavy atom. The first-order valence-corrected chi connectivity index (χ1v) is 6.38. The SMILES string of the molecule is CC1=[S]C(C(C)(C)C)=CC(C(C)(C)C)=C1. The van der Waals surface area contributed by atoms with Crippen molar-refractivity contribution in [1.29, 1.82) is 0 Å². The lowest BCUT2D eigenvalue weighted by Crippen LogP contribution is -2.15. The monoisotopic (exact) mass is 223 g/mol. The van der Waals surface area contributed by atoms with Gasteiger partial charge in [0.15, 0.2) is 0 Å². The summed E-state index contributed by atoms with van der Waals surface area (Å²) in [7, 11) is 0. The van der Waals surface area contributed by atoms with Gasteiger partial charge in [0.1, 0.15) is 0 Å². The summed E-state index contributed by atoms with van der Waals surface area (Å²) in [5.74, 6) is 0. The summed E-state index contributed by atoms with van der Waals surface area (Å²) >= 11 is 1.91. The van der Waals surface area contributed by atoms with Crippen LogP contribution >= 0.6 is 11.4 Å². The molecule has 1 aliphatic rings. The molecule has 85 valence electrons. The van der Waals surface area contributed by atoms with Crippen molar-refractivity contribution >= 4 is 16.2 Å². The van der Waals surface area contributed by atoms with E-state index in [0.717, 1.165) is 0 Å². The lowest BCUT2D eigenvalue weighted by atomic mass is 9.83. The first kappa shape index (κ1) is 12.6. The standard InChI is InChI=1S/C14H23S/c1-10-8-11(13(2,3)4)9-12(15-10)14(5,6)7/h8-9H,1-7H3. The molecule has 0 fully saturated rings. The van der Waals surface area contributed by atoms with Crippen molar-refractivity contribution in [3.8, 4) is 0 Å². The Bertz CT molecular complexity index is 326. The molecule has 1 radical (unpaired) electrons. The fourth-order valence-corrected chi connectivity index (χ4v) is 2.46. The van der Waals surface area contributed by atoms with Crippen molar-refractivity contribution < 1.29 is 0 Å². The molecule has 0 aromatic rings. The van der Waals surface area contributed by atoms with Gasteiger partial charge in [-0.25, -0.2) is 0 Å². The van der Waals surface area contributed by atoms with Crippen LogP contribution < -0.4 is 0 Å². The van der Waals surface area contributed by atoms with Gasteiger partial charge in [-0.05, 0) is 35.5 Å². The maximum absolute atomic E-state index is 2.37. The molecule has 1 heteroatoms. The van der Waals surface area contributed by atoms with Gasteiger partial charge in [-0.15, -0.1) is 11.4 Å². The summed E-state index contributed by atoms with van der Waals surface area (Å²) in [5, 5.41) is 0. The molecule has 1 heterocycles. The molecule has 0 atom stereocenters. The third kappa shape index (κ3) is 3.27. The van der Waals surface area contributed by atoms with E-state index in [2.05, 4.69) is 60.6 Å². The van der Waals surface area contributed by atoms with E-state index in [4.69, 9.17) is 0 Å². The van der Waals surface area contributed by atoms with Crippen molar-refractivity contribution in [3.05, 3.63) is 22.6 Å². The molecule has 0 bridgehead atoms. The van der Waals surface area contributed by atoms with E-state index in [9.17, 15) is 0 Å². The normalized spacial score (nSPS) is 18.2. The number of hydrogen-bond acceptors (Lipinski definition) is 0. The average molecular weight is 223 g/mol. The van der Waals surface area contributed by atoms with Crippen LogP contribution in [-0.4, -0.2) is 4.86 Å². The van der Waals surface area contributed by atoms with E-state index in [0.29, 0.717) is 0 Å². The van der Waals surface area contributed by atoms with Gasteiger partial charge in [0.25, 0.3) is 0 Å². The van der Waals surface area contributed by atoms with Crippen LogP contribution in [0.4, 0.5) is 0 Å². The van der Waals surface area contributed by atoms with Crippen molar-refractivity contribution in [2.75, 3.05) is 0 Å². The fourth-order valence-electron chi connectivity index (χ4n) is 1.44. The molecule has 1 rings (SSSR count). The van der Waals surface area contributed by atoms with Crippen LogP contribution in [0.3, 0.4) is 0 Å². The zero-order valence-electron chi connectivity index (χ0n) is 11.1. The van der Waals surface area contributed by atoms with Crippen LogP contribution in [-0.2, 0) is 0 Å². The summed E-state index contributed by atoms with van der Waals surface area (Å²) in [4.78, 5) is 2.89. The third-order valence-corrected chi connectivity index (χ3v) is 3.91. The topological polar surface area (TPSA) is 0 Å². The Balaban J connectivity index is 3.17. The van der Waals surface area contributed by atoms with Gasteiger partial charge < -0.3 is 0 Å². The molecule has 0 nitrogen and oxygen atoms in total. The van der Waals surface area contributed by atoms with Crippen LogP contribution in [0.15, 0.2) is 22.6 Å². The quantitative estimate of drug-likeness (QED) is 0.516. The van der Waals surface area contributed by atoms with Crippen LogP contribution in [0.5, 0.6) is 0 Å². The molecule has 0 aliphatic carbocycles. The maximum atomic E-state index is 2.37. The first-order chi connectivity index (χ1) is 6.60. The Morgan fingerprint density at radius 2 is 1.40 bits per heavy atom. The maximum Gasteiger partial charge on any atom is 0.0104 e. The minimum Gasteiger partial charge on any atom is -0.145 e. The van der Waals surface area contributed by atoms with Gasteiger partial charge in [0.2, 0.25) is 0 Å². The number of allylic oxidation sites excluding steroid dienone is 4. The number of rotatable bonds is 0. The third-order valence-electron chi connectivity index (χ3n) is 2.52. The predicted molar refractivity (Wildman–Crippen MR) is 73.3 cm³/mol. The minimum atomic E-state index is 0.249. The molecule has 0 spiro atoms. The van der Waals surface area contributed by atoms with E-state index in [1.807, 2.05) is 11.4 Å². The van der Waals surface area contributed by atoms with Gasteiger partial charge in [-0.2, -0.15) is 0 Å². The molecular formula is C14H23S. The summed E-state index contributed by atoms with van der Waals surface area (Å²) in [5.41, 5.74) is 1.96. The Labute approximate surface area is 98.4 Å². The highest BCUT2D eigenvalue weighted by Crippen LogP contribution is 2.38. The molecule has 15 heavy (non-hydrogen) atoms. The lowest BCUT2D eigenvalue weighted by Gasteiger charge is -2.28. The molecule has 1 aliphatic heterocycles. The predicted octanol–water partition coefficient (Wildman–Crippen LogP) is 4.83. The van der Waals surface area contributed by atoms with E-state index in [-0.39, 0.29) is 10.8 Å². The van der Waals surface area contributed by atoms with Crippen LogP contribution in [0.1, 0.15) is 48.5 Å². The molecule has 0 aromatic carbocycles. The van der Waals surface area contributed by atoms with E-state index in [1.54, 1.807) is 0 Å².